The van der Waals surface area contributed by atoms with Crippen molar-refractivity contribution in [1.82, 2.24) is 4.72 Å². The second-order valence-corrected chi connectivity index (χ2v) is 18.5. The van der Waals surface area contributed by atoms with Crippen LogP contribution in [0.25, 0.3) is 0 Å². The molecule has 6 nitrogen and oxygen atoms in total. The van der Waals surface area contributed by atoms with Crippen LogP contribution >= 0.6 is 0 Å². The Balaban J connectivity index is 1.19. The Bertz CT molecular complexity index is 1290. The quantitative estimate of drug-likeness (QED) is 0.282. The number of carbonyl (C=O) groups excluding carboxylic acids is 1. The lowest BCUT2D eigenvalue weighted by atomic mass is 9.41. The third-order valence-electron chi connectivity index (χ3n) is 13.5. The average molecular weight is 630 g/mol. The first-order valence-electron chi connectivity index (χ1n) is 17.5. The van der Waals surface area contributed by atoms with Crippen molar-refractivity contribution < 1.29 is 23.4 Å². The van der Waals surface area contributed by atoms with Crippen molar-refractivity contribution in [2.75, 3.05) is 0 Å². The maximum Gasteiger partial charge on any atom is 0.264 e. The average Bonchev–Trinajstić information content (AvgIpc) is 3.30. The van der Waals surface area contributed by atoms with Gasteiger partial charge in [-0.3, -0.25) is 4.79 Å². The summed E-state index contributed by atoms with van der Waals surface area (Å²) < 4.78 is 28.0. The Morgan fingerprint density at radius 2 is 1.61 bits per heavy atom. The van der Waals surface area contributed by atoms with Crippen LogP contribution in [0.1, 0.15) is 125 Å². The van der Waals surface area contributed by atoms with Gasteiger partial charge in [-0.2, -0.15) is 0 Å². The van der Waals surface area contributed by atoms with E-state index >= 15 is 0 Å². The van der Waals surface area contributed by atoms with E-state index in [0.717, 1.165) is 50.5 Å². The maximum atomic E-state index is 12.9. The number of aliphatic hydroxyl groups is 2. The molecule has 0 saturated heterocycles. The molecule has 0 heterocycles. The molecule has 0 radical (unpaired) electrons. The van der Waals surface area contributed by atoms with Crippen LogP contribution in [0, 0.1) is 52.3 Å². The molecule has 0 bridgehead atoms. The summed E-state index contributed by atoms with van der Waals surface area (Å²) in [6.45, 7) is 15.8. The molecule has 248 valence electrons. The van der Waals surface area contributed by atoms with Gasteiger partial charge in [0, 0.05) is 6.42 Å². The van der Waals surface area contributed by atoms with E-state index in [1.807, 2.05) is 12.1 Å². The largest absolute Gasteiger partial charge is 0.393 e. The molecule has 3 N–H and O–H groups in total. The van der Waals surface area contributed by atoms with Gasteiger partial charge < -0.3 is 10.2 Å². The molecule has 4 aliphatic rings. The lowest BCUT2D eigenvalue weighted by Crippen LogP contribution is -2.62. The molecule has 7 heteroatoms. The third-order valence-corrected chi connectivity index (χ3v) is 14.9. The summed E-state index contributed by atoms with van der Waals surface area (Å²) in [5.41, 5.74) is 1.36. The summed E-state index contributed by atoms with van der Waals surface area (Å²) in [5.74, 6) is 2.59. The van der Waals surface area contributed by atoms with Crippen LogP contribution in [0.15, 0.2) is 29.2 Å². The number of hydrogen-bond acceptors (Lipinski definition) is 5. The first kappa shape index (κ1) is 33.9. The summed E-state index contributed by atoms with van der Waals surface area (Å²) in [7, 11) is -3.89. The number of hydrogen-bond donors (Lipinski definition) is 3. The van der Waals surface area contributed by atoms with Gasteiger partial charge in [-0.15, -0.1) is 0 Å². The van der Waals surface area contributed by atoms with Crippen LogP contribution in [-0.2, 0) is 20.2 Å². The summed E-state index contributed by atoms with van der Waals surface area (Å²) in [6.07, 6.45) is 9.71. The number of sulfonamides is 1. The Morgan fingerprint density at radius 3 is 2.25 bits per heavy atom. The minimum atomic E-state index is -3.89. The Labute approximate surface area is 267 Å². The Morgan fingerprint density at radius 1 is 0.977 bits per heavy atom. The molecule has 2 unspecified atom stereocenters. The van der Waals surface area contributed by atoms with E-state index in [-0.39, 0.29) is 45.7 Å². The topological polar surface area (TPSA) is 104 Å². The van der Waals surface area contributed by atoms with Gasteiger partial charge in [0.05, 0.1) is 17.1 Å². The molecule has 4 fully saturated rings. The Hall–Kier alpha value is -1.44. The minimum Gasteiger partial charge on any atom is -0.393 e. The summed E-state index contributed by atoms with van der Waals surface area (Å²) in [6, 6.07) is 6.79. The highest BCUT2D eigenvalue weighted by Crippen LogP contribution is 2.69. The van der Waals surface area contributed by atoms with E-state index in [9.17, 15) is 23.4 Å². The monoisotopic (exact) mass is 629 g/mol. The number of aliphatic hydroxyl groups excluding tert-OH is 2. The highest BCUT2D eigenvalue weighted by Gasteiger charge is 2.64. The van der Waals surface area contributed by atoms with Gasteiger partial charge in [-0.1, -0.05) is 67.0 Å². The highest BCUT2D eigenvalue weighted by molar-refractivity contribution is 7.90. The lowest BCUT2D eigenvalue weighted by Gasteiger charge is -2.64. The second-order valence-electron chi connectivity index (χ2n) is 16.8. The van der Waals surface area contributed by atoms with E-state index in [0.29, 0.717) is 41.9 Å². The van der Waals surface area contributed by atoms with Crippen molar-refractivity contribution in [3.63, 3.8) is 0 Å². The van der Waals surface area contributed by atoms with Gasteiger partial charge in [0.1, 0.15) is 0 Å². The van der Waals surface area contributed by atoms with Crippen molar-refractivity contribution >= 4 is 15.9 Å². The second kappa shape index (κ2) is 12.3. The van der Waals surface area contributed by atoms with Crippen molar-refractivity contribution in [3.05, 3.63) is 29.8 Å². The maximum absolute atomic E-state index is 12.9. The van der Waals surface area contributed by atoms with Crippen LogP contribution in [0.5, 0.6) is 0 Å². The summed E-state index contributed by atoms with van der Waals surface area (Å²) in [4.78, 5) is 12.9. The molecule has 5 rings (SSSR count). The molecule has 4 saturated carbocycles. The van der Waals surface area contributed by atoms with Crippen LogP contribution in [0.2, 0.25) is 0 Å². The van der Waals surface area contributed by atoms with Crippen molar-refractivity contribution in [2.24, 2.45) is 52.3 Å². The number of rotatable bonds is 8. The van der Waals surface area contributed by atoms with Gasteiger partial charge in [0.15, 0.2) is 0 Å². The number of benzene rings is 1. The van der Waals surface area contributed by atoms with Crippen molar-refractivity contribution in [1.29, 1.82) is 0 Å². The molecule has 11 atom stereocenters. The molecule has 1 aromatic rings. The fourth-order valence-corrected chi connectivity index (χ4v) is 12.1. The zero-order chi connectivity index (χ0) is 32.2. The zero-order valence-electron chi connectivity index (χ0n) is 28.3. The summed E-state index contributed by atoms with van der Waals surface area (Å²) >= 11 is 0. The lowest BCUT2D eigenvalue weighted by molar-refractivity contribution is -0.203. The number of carbonyl (C=O) groups is 1. The first-order chi connectivity index (χ1) is 20.5. The SMILES string of the molecule is CC[C@@H]1C2C[C@H](O)CC[C@]2(C)[C@H]2CCC3(C)[C@@H]([C@H](C)CCCC(=O)NS(=O)(=O)c4ccc(C(C)(C)C)cc4)CC[C@H]3[C@@H]2[C@@H]1O. The van der Waals surface area contributed by atoms with E-state index in [2.05, 4.69) is 53.2 Å². The fourth-order valence-electron chi connectivity index (χ4n) is 11.1. The highest BCUT2D eigenvalue weighted by atomic mass is 32.2. The van der Waals surface area contributed by atoms with Crippen LogP contribution in [-0.4, -0.2) is 36.7 Å². The molecule has 4 aliphatic carbocycles. The molecule has 1 amide bonds. The van der Waals surface area contributed by atoms with Gasteiger partial charge in [-0.05, 0) is 133 Å². The van der Waals surface area contributed by atoms with Crippen LogP contribution in [0.4, 0.5) is 0 Å². The minimum absolute atomic E-state index is 0.0762. The van der Waals surface area contributed by atoms with Gasteiger partial charge in [0.2, 0.25) is 5.91 Å². The number of nitrogens with one attached hydrogen (secondary N) is 1. The zero-order valence-corrected chi connectivity index (χ0v) is 29.1. The fraction of sp³-hybridized carbons (Fsp3) is 0.811. The van der Waals surface area contributed by atoms with Gasteiger partial charge in [-0.25, -0.2) is 13.1 Å². The Kier molecular flexibility index (Phi) is 9.48. The van der Waals surface area contributed by atoms with E-state index in [4.69, 9.17) is 0 Å². The smallest absolute Gasteiger partial charge is 0.264 e. The molecule has 0 aromatic heterocycles. The van der Waals surface area contributed by atoms with E-state index < -0.39 is 15.9 Å². The number of fused-ring (bicyclic) bond motifs is 5. The van der Waals surface area contributed by atoms with Crippen LogP contribution < -0.4 is 4.72 Å². The van der Waals surface area contributed by atoms with Crippen molar-refractivity contribution in [3.8, 4) is 0 Å². The van der Waals surface area contributed by atoms with Gasteiger partial charge >= 0.3 is 0 Å². The van der Waals surface area contributed by atoms with E-state index in [1.54, 1.807) is 12.1 Å². The molecular formula is C37H59NO5S. The molecule has 44 heavy (non-hydrogen) atoms. The van der Waals surface area contributed by atoms with Crippen LogP contribution in [0.3, 0.4) is 0 Å². The predicted molar refractivity (Wildman–Crippen MR) is 175 cm³/mol. The first-order valence-corrected chi connectivity index (χ1v) is 19.0. The molecular weight excluding hydrogens is 570 g/mol. The van der Waals surface area contributed by atoms with Crippen molar-refractivity contribution in [2.45, 2.75) is 142 Å². The molecule has 1 aromatic carbocycles. The van der Waals surface area contributed by atoms with E-state index in [1.165, 1.54) is 12.8 Å². The third kappa shape index (κ3) is 6.03. The van der Waals surface area contributed by atoms with Gasteiger partial charge in [0.25, 0.3) is 10.0 Å². The standard InChI is InChI=1S/C37H59NO5S/c1-8-27-31-22-25(39)18-20-37(31,7)30-19-21-36(6)28(16-17-29(36)33(30)34(27)41)23(2)10-9-11-32(40)38-44(42,43)26-14-12-24(13-15-26)35(3,4)5/h12-15,23,25,27-31,33-34,39,41H,8-11,16-22H2,1-7H3,(H,38,40)/t23-,25-,27-,28-,29+,30+,31?,33+,34-,36?,37-/m1/s1. The normalized spacial score (nSPS) is 39.6. The molecule has 0 aliphatic heterocycles. The predicted octanol–water partition coefficient (Wildman–Crippen LogP) is 7.22. The number of amides is 1. The summed E-state index contributed by atoms with van der Waals surface area (Å²) in [5, 5.41) is 22.5. The molecule has 0 spiro atoms.